The summed E-state index contributed by atoms with van der Waals surface area (Å²) in [5, 5.41) is 10.9. The van der Waals surface area contributed by atoms with Gasteiger partial charge in [0.2, 0.25) is 0 Å². The van der Waals surface area contributed by atoms with Crippen molar-refractivity contribution >= 4 is 0 Å². The Balaban J connectivity index is 2.92. The lowest BCUT2D eigenvalue weighted by Crippen LogP contribution is -2.47. The maximum atomic E-state index is 14.9. The summed E-state index contributed by atoms with van der Waals surface area (Å²) < 4.78 is 57.8. The second-order valence-electron chi connectivity index (χ2n) is 7.12. The van der Waals surface area contributed by atoms with Crippen LogP contribution in [-0.4, -0.2) is 36.2 Å². The molecule has 148 valence electrons. The molecule has 1 unspecified atom stereocenters. The summed E-state index contributed by atoms with van der Waals surface area (Å²) in [6, 6.07) is 8.23. The number of nitrogens with zero attached hydrogens (tertiary/aromatic N) is 1. The number of rotatable bonds is 7. The number of hydrogen-bond donors (Lipinski definition) is 1. The van der Waals surface area contributed by atoms with Gasteiger partial charge in [0, 0.05) is 17.7 Å². The molecule has 0 heterocycles. The van der Waals surface area contributed by atoms with Crippen molar-refractivity contribution in [1.29, 1.82) is 0 Å². The molecule has 2 nitrogen and oxygen atoms in total. The Morgan fingerprint density at radius 2 is 1.52 bits per heavy atom. The highest BCUT2D eigenvalue weighted by atomic mass is 19.2. The van der Waals surface area contributed by atoms with Crippen LogP contribution in [0, 0.1) is 23.3 Å². The Bertz CT molecular complexity index is 755. The van der Waals surface area contributed by atoms with Crippen LogP contribution in [0.4, 0.5) is 17.6 Å². The zero-order chi connectivity index (χ0) is 20.4. The molecular weight excluding hydrogens is 358 g/mol. The monoisotopic (exact) mass is 383 g/mol. The van der Waals surface area contributed by atoms with Crippen molar-refractivity contribution in [1.82, 2.24) is 4.90 Å². The van der Waals surface area contributed by atoms with Crippen molar-refractivity contribution in [3.8, 4) is 0 Å². The molecule has 0 saturated carbocycles. The van der Waals surface area contributed by atoms with Gasteiger partial charge in [-0.1, -0.05) is 37.3 Å². The number of aliphatic hydroxyl groups excluding tert-OH is 1. The fraction of sp³-hybridized carbons (Fsp3) is 0.429. The van der Waals surface area contributed by atoms with Crippen LogP contribution in [0.3, 0.4) is 0 Å². The average molecular weight is 383 g/mol. The second kappa shape index (κ2) is 8.40. The molecule has 0 spiro atoms. The SMILES string of the molecule is CCC(O)[C@@](C[C@H](C)N(C)C)(c1ccccc1)c1c(F)c(F)cc(F)c1F. The molecular formula is C21H25F4NO. The van der Waals surface area contributed by atoms with E-state index in [9.17, 15) is 22.7 Å². The molecule has 2 rings (SSSR count). The average Bonchev–Trinajstić information content (AvgIpc) is 2.65. The van der Waals surface area contributed by atoms with Gasteiger partial charge in [-0.2, -0.15) is 0 Å². The van der Waals surface area contributed by atoms with Gasteiger partial charge in [-0.25, -0.2) is 17.6 Å². The number of aliphatic hydroxyl groups is 1. The maximum absolute atomic E-state index is 14.9. The fourth-order valence-corrected chi connectivity index (χ4v) is 3.56. The van der Waals surface area contributed by atoms with E-state index in [1.807, 2.05) is 11.8 Å². The number of hydrogen-bond acceptors (Lipinski definition) is 2. The first kappa shape index (κ1) is 21.4. The maximum Gasteiger partial charge on any atom is 0.166 e. The molecule has 0 aliphatic heterocycles. The first-order chi connectivity index (χ1) is 12.7. The molecule has 27 heavy (non-hydrogen) atoms. The van der Waals surface area contributed by atoms with Crippen molar-refractivity contribution in [3.63, 3.8) is 0 Å². The third-order valence-corrected chi connectivity index (χ3v) is 5.30. The first-order valence-corrected chi connectivity index (χ1v) is 8.90. The van der Waals surface area contributed by atoms with Crippen LogP contribution in [0.1, 0.15) is 37.8 Å². The molecule has 0 saturated heterocycles. The van der Waals surface area contributed by atoms with Gasteiger partial charge in [-0.15, -0.1) is 0 Å². The van der Waals surface area contributed by atoms with E-state index in [4.69, 9.17) is 0 Å². The molecule has 0 fully saturated rings. The van der Waals surface area contributed by atoms with Crippen LogP contribution in [-0.2, 0) is 5.41 Å². The second-order valence-corrected chi connectivity index (χ2v) is 7.12. The van der Waals surface area contributed by atoms with Crippen LogP contribution in [0.5, 0.6) is 0 Å². The van der Waals surface area contributed by atoms with Gasteiger partial charge in [-0.3, -0.25) is 0 Å². The highest BCUT2D eigenvalue weighted by Gasteiger charge is 2.47. The molecule has 0 aliphatic rings. The molecule has 2 aromatic carbocycles. The molecule has 0 bridgehead atoms. The summed E-state index contributed by atoms with van der Waals surface area (Å²) in [4.78, 5) is 1.82. The Kier molecular flexibility index (Phi) is 6.65. The van der Waals surface area contributed by atoms with Gasteiger partial charge >= 0.3 is 0 Å². The van der Waals surface area contributed by atoms with E-state index in [1.165, 1.54) is 0 Å². The lowest BCUT2D eigenvalue weighted by molar-refractivity contribution is 0.0721. The third-order valence-electron chi connectivity index (χ3n) is 5.30. The van der Waals surface area contributed by atoms with Crippen molar-refractivity contribution in [2.24, 2.45) is 0 Å². The van der Waals surface area contributed by atoms with Crippen molar-refractivity contribution < 1.29 is 22.7 Å². The van der Waals surface area contributed by atoms with Gasteiger partial charge in [0.05, 0.1) is 11.5 Å². The van der Waals surface area contributed by atoms with Crippen LogP contribution in [0.2, 0.25) is 0 Å². The minimum Gasteiger partial charge on any atom is -0.392 e. The lowest BCUT2D eigenvalue weighted by Gasteiger charge is -2.42. The minimum absolute atomic E-state index is 0.0652. The van der Waals surface area contributed by atoms with E-state index in [0.29, 0.717) is 5.56 Å². The lowest BCUT2D eigenvalue weighted by atomic mass is 9.65. The van der Waals surface area contributed by atoms with E-state index < -0.39 is 40.4 Å². The Morgan fingerprint density at radius 3 is 1.96 bits per heavy atom. The van der Waals surface area contributed by atoms with Gasteiger partial charge in [0.15, 0.2) is 23.3 Å². The molecule has 3 atom stereocenters. The van der Waals surface area contributed by atoms with E-state index in [0.717, 1.165) is 0 Å². The normalized spacial score (nSPS) is 16.2. The molecule has 0 amide bonds. The van der Waals surface area contributed by atoms with E-state index in [1.54, 1.807) is 51.4 Å². The fourth-order valence-electron chi connectivity index (χ4n) is 3.56. The third kappa shape index (κ3) is 3.87. The van der Waals surface area contributed by atoms with Crippen LogP contribution in [0.15, 0.2) is 36.4 Å². The molecule has 6 heteroatoms. The summed E-state index contributed by atoms with van der Waals surface area (Å²) in [5.74, 6) is -5.91. The van der Waals surface area contributed by atoms with Crippen LogP contribution < -0.4 is 0 Å². The highest BCUT2D eigenvalue weighted by Crippen LogP contribution is 2.45. The molecule has 0 aromatic heterocycles. The summed E-state index contributed by atoms with van der Waals surface area (Å²) in [7, 11) is 3.58. The summed E-state index contributed by atoms with van der Waals surface area (Å²) in [5.41, 5.74) is -2.03. The van der Waals surface area contributed by atoms with E-state index in [-0.39, 0.29) is 24.9 Å². The zero-order valence-corrected chi connectivity index (χ0v) is 15.9. The standard InChI is InChI=1S/C21H25F4NO/c1-5-17(27)21(12-13(2)26(3)4,14-9-7-6-8-10-14)18-19(24)15(22)11-16(23)20(18)25/h6-11,13,17,27H,5,12H2,1-4H3/t13-,17?,21+/m0/s1. The molecule has 2 aromatic rings. The van der Waals surface area contributed by atoms with Gasteiger partial charge < -0.3 is 10.0 Å². The van der Waals surface area contributed by atoms with Crippen molar-refractivity contribution in [3.05, 3.63) is 70.8 Å². The van der Waals surface area contributed by atoms with Gasteiger partial charge in [-0.05, 0) is 39.4 Å². The highest BCUT2D eigenvalue weighted by molar-refractivity contribution is 5.43. The smallest absolute Gasteiger partial charge is 0.166 e. The molecule has 0 radical (unpaired) electrons. The van der Waals surface area contributed by atoms with E-state index in [2.05, 4.69) is 0 Å². The van der Waals surface area contributed by atoms with Crippen molar-refractivity contribution in [2.45, 2.75) is 44.2 Å². The van der Waals surface area contributed by atoms with Crippen LogP contribution >= 0.6 is 0 Å². The van der Waals surface area contributed by atoms with Crippen molar-refractivity contribution in [2.75, 3.05) is 14.1 Å². The largest absolute Gasteiger partial charge is 0.392 e. The topological polar surface area (TPSA) is 23.5 Å². The molecule has 0 aliphatic carbocycles. The quantitative estimate of drug-likeness (QED) is 0.556. The predicted molar refractivity (Wildman–Crippen MR) is 97.6 cm³/mol. The predicted octanol–water partition coefficient (Wildman–Crippen LogP) is 4.64. The van der Waals surface area contributed by atoms with Gasteiger partial charge in [0.1, 0.15) is 0 Å². The Morgan fingerprint density at radius 1 is 1.00 bits per heavy atom. The summed E-state index contributed by atoms with van der Waals surface area (Å²) in [6.45, 7) is 3.49. The summed E-state index contributed by atoms with van der Waals surface area (Å²) >= 11 is 0. The number of halogens is 4. The summed E-state index contributed by atoms with van der Waals surface area (Å²) in [6.07, 6.45) is -1.05. The molecule has 1 N–H and O–H groups in total. The zero-order valence-electron chi connectivity index (χ0n) is 15.9. The van der Waals surface area contributed by atoms with E-state index >= 15 is 0 Å². The minimum atomic E-state index is -1.66. The van der Waals surface area contributed by atoms with Crippen LogP contribution in [0.25, 0.3) is 0 Å². The Hall–Kier alpha value is -1.92. The van der Waals surface area contributed by atoms with Gasteiger partial charge in [0.25, 0.3) is 0 Å². The Labute approximate surface area is 157 Å². The number of benzene rings is 2. The first-order valence-electron chi connectivity index (χ1n) is 8.90.